The first-order valence-electron chi connectivity index (χ1n) is 39.4. The number of amides is 1. The largest absolute Gasteiger partial charge is 0.394 e. The smallest absolute Gasteiger partial charge is 0.220 e. The molecule has 97 heavy (non-hydrogen) atoms. The Labute approximate surface area is 586 Å². The van der Waals surface area contributed by atoms with Crippen LogP contribution in [0, 0.1) is 0 Å². The van der Waals surface area contributed by atoms with Crippen molar-refractivity contribution in [1.29, 1.82) is 0 Å². The van der Waals surface area contributed by atoms with Gasteiger partial charge in [-0.15, -0.1) is 0 Å². The van der Waals surface area contributed by atoms with Crippen molar-refractivity contribution in [3.63, 3.8) is 0 Å². The number of carbonyl (C=O) groups excluding carboxylic acids is 1. The van der Waals surface area contributed by atoms with E-state index in [4.69, 9.17) is 28.4 Å². The van der Waals surface area contributed by atoms with Crippen LogP contribution >= 0.6 is 0 Å². The summed E-state index contributed by atoms with van der Waals surface area (Å²) >= 11 is 0. The number of allylic oxidation sites excluding steroid dienone is 7. The van der Waals surface area contributed by atoms with Gasteiger partial charge in [-0.3, -0.25) is 4.79 Å². The molecule has 19 heteroatoms. The lowest BCUT2D eigenvalue weighted by Crippen LogP contribution is -2.66. The van der Waals surface area contributed by atoms with Gasteiger partial charge in [-0.1, -0.05) is 281 Å². The van der Waals surface area contributed by atoms with Crippen LogP contribution in [0.3, 0.4) is 0 Å². The lowest BCUT2D eigenvalue weighted by Gasteiger charge is -2.48. The third-order valence-corrected chi connectivity index (χ3v) is 19.6. The Morgan fingerprint density at radius 2 is 0.660 bits per heavy atom. The second-order valence-electron chi connectivity index (χ2n) is 28.2. The van der Waals surface area contributed by atoms with Gasteiger partial charge >= 0.3 is 0 Å². The zero-order valence-corrected chi connectivity index (χ0v) is 60.6. The molecule has 3 saturated heterocycles. The Bertz CT molecular complexity index is 1940. The Balaban J connectivity index is 1.41. The molecule has 0 aliphatic carbocycles. The second-order valence-corrected chi connectivity index (χ2v) is 28.2. The Hall–Kier alpha value is -2.25. The summed E-state index contributed by atoms with van der Waals surface area (Å²) in [5, 5.41) is 121. The van der Waals surface area contributed by atoms with Crippen molar-refractivity contribution in [2.24, 2.45) is 0 Å². The fourth-order valence-corrected chi connectivity index (χ4v) is 13.2. The van der Waals surface area contributed by atoms with Gasteiger partial charge in [0.05, 0.1) is 38.6 Å². The van der Waals surface area contributed by atoms with Crippen LogP contribution in [0.1, 0.15) is 309 Å². The molecule has 0 aromatic rings. The summed E-state index contributed by atoms with van der Waals surface area (Å²) in [5.74, 6) is -0.287. The van der Waals surface area contributed by atoms with Crippen molar-refractivity contribution in [3.8, 4) is 0 Å². The van der Waals surface area contributed by atoms with Crippen molar-refractivity contribution in [2.75, 3.05) is 26.4 Å². The van der Waals surface area contributed by atoms with E-state index in [1.807, 2.05) is 6.08 Å². The van der Waals surface area contributed by atoms with Gasteiger partial charge in [0.1, 0.15) is 73.2 Å². The molecule has 0 aromatic heterocycles. The lowest BCUT2D eigenvalue weighted by atomic mass is 9.96. The third-order valence-electron chi connectivity index (χ3n) is 19.6. The number of unbranched alkanes of at least 4 members (excludes halogenated alkanes) is 40. The molecule has 1 amide bonds. The highest BCUT2D eigenvalue weighted by Gasteiger charge is 2.53. The molecule has 3 heterocycles. The maximum absolute atomic E-state index is 13.5. The van der Waals surface area contributed by atoms with Gasteiger partial charge in [-0.05, 0) is 70.6 Å². The number of aliphatic hydroxyl groups excluding tert-OH is 11. The number of rotatable bonds is 62. The summed E-state index contributed by atoms with van der Waals surface area (Å²) in [4.78, 5) is 13.5. The Morgan fingerprint density at radius 3 is 1.03 bits per heavy atom. The number of hydrogen-bond donors (Lipinski definition) is 12. The molecule has 17 atom stereocenters. The van der Waals surface area contributed by atoms with Gasteiger partial charge in [-0.25, -0.2) is 0 Å². The average Bonchev–Trinajstić information content (AvgIpc) is 0.826. The van der Waals surface area contributed by atoms with Crippen LogP contribution in [-0.2, 0) is 33.2 Å². The number of nitrogens with one attached hydrogen (secondary N) is 1. The first kappa shape index (κ1) is 89.0. The van der Waals surface area contributed by atoms with Gasteiger partial charge in [-0.2, -0.15) is 0 Å². The topological polar surface area (TPSA) is 307 Å². The molecular weight excluding hydrogens is 1240 g/mol. The maximum atomic E-state index is 13.5. The van der Waals surface area contributed by atoms with Gasteiger partial charge in [0, 0.05) is 6.42 Å². The van der Waals surface area contributed by atoms with E-state index in [2.05, 4.69) is 55.6 Å². The molecule has 3 aliphatic rings. The molecule has 0 aromatic carbocycles. The fraction of sp³-hybridized carbons (Fsp3) is 0.885. The summed E-state index contributed by atoms with van der Waals surface area (Å²) in [6.45, 7) is 1.75. The lowest BCUT2D eigenvalue weighted by molar-refractivity contribution is -0.379. The highest BCUT2D eigenvalue weighted by molar-refractivity contribution is 5.76. The molecule has 0 radical (unpaired) electrons. The van der Waals surface area contributed by atoms with Crippen molar-refractivity contribution in [1.82, 2.24) is 5.32 Å². The number of hydrogen-bond acceptors (Lipinski definition) is 18. The first-order chi connectivity index (χ1) is 47.3. The third kappa shape index (κ3) is 39.8. The molecule has 3 fully saturated rings. The molecule has 12 N–H and O–H groups in total. The summed E-state index contributed by atoms with van der Waals surface area (Å²) in [6, 6.07) is -0.999. The Kier molecular flexibility index (Phi) is 54.3. The van der Waals surface area contributed by atoms with Crippen molar-refractivity contribution >= 4 is 5.91 Å². The summed E-state index contributed by atoms with van der Waals surface area (Å²) in [5.41, 5.74) is 0. The molecule has 3 aliphatic heterocycles. The van der Waals surface area contributed by atoms with Crippen LogP contribution in [-0.4, -0.2) is 193 Å². The van der Waals surface area contributed by atoms with Crippen LogP contribution in [0.25, 0.3) is 0 Å². The van der Waals surface area contributed by atoms with Crippen molar-refractivity contribution in [3.05, 3.63) is 48.6 Å². The highest BCUT2D eigenvalue weighted by Crippen LogP contribution is 2.33. The zero-order valence-electron chi connectivity index (χ0n) is 60.6. The summed E-state index contributed by atoms with van der Waals surface area (Å²) in [7, 11) is 0. The van der Waals surface area contributed by atoms with Crippen LogP contribution in [0.4, 0.5) is 0 Å². The molecule has 0 saturated carbocycles. The number of carbonyl (C=O) groups is 1. The molecular formula is C78H143NO18. The first-order valence-corrected chi connectivity index (χ1v) is 39.4. The molecule has 3 rings (SSSR count). The molecule has 19 nitrogen and oxygen atoms in total. The normalized spacial score (nSPS) is 27.1. The standard InChI is InChI=1S/C78H143NO18/c1-3-5-7-9-11-13-15-17-19-21-23-25-27-28-29-30-31-32-34-35-37-39-41-43-45-47-49-51-53-55-62(83)61(79-66(84)56-54-52-50-48-46-44-42-40-38-36-33-26-24-22-20-18-16-14-12-10-8-6-4-2)60-92-76-72(90)69(87)74(64(58-81)94-76)97-78-73(91)70(88)75(65(59-82)95-78)96-77-71(89)68(86)67(85)63(57-80)93-77/h22,24,37,39,45,47,53,55,61-65,67-78,80-83,85-91H,3-21,23,25-36,38,40-44,46,48-52,54,56-60H2,1-2H3,(H,79,84)/b24-22-,39-37+,47-45+,55-53+. The minimum absolute atomic E-state index is 0.231. The summed E-state index contributed by atoms with van der Waals surface area (Å²) < 4.78 is 34.4. The summed E-state index contributed by atoms with van der Waals surface area (Å²) in [6.07, 6.45) is 46.7. The van der Waals surface area contributed by atoms with Crippen LogP contribution in [0.5, 0.6) is 0 Å². The quantitative estimate of drug-likeness (QED) is 0.0199. The molecule has 17 unspecified atom stereocenters. The van der Waals surface area contributed by atoms with E-state index in [0.717, 1.165) is 44.9 Å². The minimum atomic E-state index is -1.98. The highest BCUT2D eigenvalue weighted by atomic mass is 16.8. The number of ether oxygens (including phenoxy) is 6. The van der Waals surface area contributed by atoms with Crippen molar-refractivity contribution in [2.45, 2.75) is 413 Å². The van der Waals surface area contributed by atoms with E-state index >= 15 is 0 Å². The van der Waals surface area contributed by atoms with Gasteiger partial charge in [0.2, 0.25) is 5.91 Å². The van der Waals surface area contributed by atoms with Crippen LogP contribution < -0.4 is 5.32 Å². The van der Waals surface area contributed by atoms with Gasteiger partial charge in [0.15, 0.2) is 18.9 Å². The molecule has 568 valence electrons. The zero-order chi connectivity index (χ0) is 70.4. The van der Waals surface area contributed by atoms with E-state index < -0.39 is 124 Å². The van der Waals surface area contributed by atoms with E-state index in [0.29, 0.717) is 12.8 Å². The molecule has 0 bridgehead atoms. The van der Waals surface area contributed by atoms with E-state index in [1.165, 1.54) is 231 Å². The van der Waals surface area contributed by atoms with Crippen molar-refractivity contribution < 1.29 is 89.4 Å². The number of aliphatic hydroxyl groups is 11. The maximum Gasteiger partial charge on any atom is 0.220 e. The monoisotopic (exact) mass is 1380 g/mol. The second kappa shape index (κ2) is 59.2. The van der Waals surface area contributed by atoms with E-state index in [-0.39, 0.29) is 18.9 Å². The SMILES string of the molecule is CCCCCCCCCC/C=C\CCCCCCCCCCCCCC(=O)NC(COC1OC(CO)C(OC2OC(CO)C(OC3OC(CO)C(O)C(O)C3O)C(O)C2O)C(O)C1O)C(O)/C=C/CC/C=C/CC/C=C/CCCCCCCCCCCCCCCCCCCCC. The van der Waals surface area contributed by atoms with E-state index in [1.54, 1.807) is 6.08 Å². The average molecular weight is 1380 g/mol. The molecule has 0 spiro atoms. The van der Waals surface area contributed by atoms with Gasteiger partial charge < -0.3 is 89.9 Å². The fourth-order valence-electron chi connectivity index (χ4n) is 13.2. The van der Waals surface area contributed by atoms with Gasteiger partial charge in [0.25, 0.3) is 0 Å². The van der Waals surface area contributed by atoms with Crippen LogP contribution in [0.2, 0.25) is 0 Å². The predicted octanol–water partition coefficient (Wildman–Crippen LogP) is 12.5. The predicted molar refractivity (Wildman–Crippen MR) is 383 cm³/mol. The van der Waals surface area contributed by atoms with E-state index in [9.17, 15) is 61.0 Å². The Morgan fingerprint density at radius 1 is 0.361 bits per heavy atom. The minimum Gasteiger partial charge on any atom is -0.394 e. The van der Waals surface area contributed by atoms with Crippen LogP contribution in [0.15, 0.2) is 48.6 Å².